The van der Waals surface area contributed by atoms with Crippen LogP contribution in [0.4, 0.5) is 0 Å². The van der Waals surface area contributed by atoms with Gasteiger partial charge in [0.15, 0.2) is 5.69 Å². The first-order chi connectivity index (χ1) is 12.0. The summed E-state index contributed by atoms with van der Waals surface area (Å²) in [6, 6.07) is 3.62. The third kappa shape index (κ3) is 3.80. The average Bonchev–Trinajstić information content (AvgIpc) is 3.22. The van der Waals surface area contributed by atoms with Gasteiger partial charge < -0.3 is 5.32 Å². The van der Waals surface area contributed by atoms with Crippen LogP contribution in [0.5, 0.6) is 0 Å². The second kappa shape index (κ2) is 7.45. The van der Waals surface area contributed by atoms with E-state index in [9.17, 15) is 4.79 Å². The SMILES string of the molecule is CC(C)c1[nH]nc(C(=O)NC(C)c2nc(-c3cccnc3)cs2)c1Br. The Kier molecular flexibility index (Phi) is 5.29. The van der Waals surface area contributed by atoms with E-state index >= 15 is 0 Å². The first kappa shape index (κ1) is 17.8. The maximum atomic E-state index is 12.5. The lowest BCUT2D eigenvalue weighted by Crippen LogP contribution is -2.27. The summed E-state index contributed by atoms with van der Waals surface area (Å²) in [4.78, 5) is 21.2. The average molecular weight is 420 g/mol. The van der Waals surface area contributed by atoms with Crippen LogP contribution in [0.25, 0.3) is 11.3 Å². The van der Waals surface area contributed by atoms with Crippen molar-refractivity contribution in [3.63, 3.8) is 0 Å². The van der Waals surface area contributed by atoms with Crippen molar-refractivity contribution in [1.29, 1.82) is 0 Å². The first-order valence-corrected chi connectivity index (χ1v) is 9.55. The van der Waals surface area contributed by atoms with E-state index in [2.05, 4.69) is 41.4 Å². The number of thiazole rings is 1. The van der Waals surface area contributed by atoms with Crippen LogP contribution in [-0.4, -0.2) is 26.1 Å². The van der Waals surface area contributed by atoms with E-state index in [0.29, 0.717) is 10.2 Å². The van der Waals surface area contributed by atoms with Crippen molar-refractivity contribution in [3.8, 4) is 11.3 Å². The second-order valence-electron chi connectivity index (χ2n) is 5.96. The van der Waals surface area contributed by atoms with Crippen molar-refractivity contribution in [2.24, 2.45) is 0 Å². The summed E-state index contributed by atoms with van der Waals surface area (Å²) in [6.45, 7) is 5.99. The Morgan fingerprint density at radius 1 is 1.36 bits per heavy atom. The molecule has 3 rings (SSSR count). The molecule has 0 aromatic carbocycles. The quantitative estimate of drug-likeness (QED) is 0.645. The molecule has 8 heteroatoms. The van der Waals surface area contributed by atoms with E-state index in [4.69, 9.17) is 0 Å². The number of carbonyl (C=O) groups excluding carboxylic acids is 1. The highest BCUT2D eigenvalue weighted by Gasteiger charge is 2.22. The van der Waals surface area contributed by atoms with E-state index in [1.807, 2.05) is 38.3 Å². The number of nitrogens with zero attached hydrogens (tertiary/aromatic N) is 3. The fourth-order valence-electron chi connectivity index (χ4n) is 2.33. The van der Waals surface area contributed by atoms with Gasteiger partial charge in [0.1, 0.15) is 5.01 Å². The van der Waals surface area contributed by atoms with Gasteiger partial charge in [0.25, 0.3) is 5.91 Å². The van der Waals surface area contributed by atoms with Gasteiger partial charge in [0, 0.05) is 23.3 Å². The Bertz CT molecular complexity index is 874. The Morgan fingerprint density at radius 2 is 2.16 bits per heavy atom. The lowest BCUT2D eigenvalue weighted by molar-refractivity contribution is 0.0934. The number of aromatic nitrogens is 4. The van der Waals surface area contributed by atoms with Crippen molar-refractivity contribution in [2.75, 3.05) is 0 Å². The second-order valence-corrected chi connectivity index (χ2v) is 7.65. The molecule has 3 heterocycles. The molecule has 6 nitrogen and oxygen atoms in total. The zero-order valence-electron chi connectivity index (χ0n) is 14.1. The summed E-state index contributed by atoms with van der Waals surface area (Å²) in [6.07, 6.45) is 3.50. The number of H-pyrrole nitrogens is 1. The third-order valence-corrected chi connectivity index (χ3v) is 5.55. The van der Waals surface area contributed by atoms with E-state index in [1.165, 1.54) is 11.3 Å². The molecular formula is C17H18BrN5OS. The summed E-state index contributed by atoms with van der Waals surface area (Å²) in [7, 11) is 0. The highest BCUT2D eigenvalue weighted by molar-refractivity contribution is 9.10. The Balaban J connectivity index is 1.73. The van der Waals surface area contributed by atoms with Crippen molar-refractivity contribution < 1.29 is 4.79 Å². The van der Waals surface area contributed by atoms with Gasteiger partial charge in [-0.05, 0) is 40.9 Å². The predicted octanol–water partition coefficient (Wildman–Crippen LogP) is 4.31. The molecule has 2 N–H and O–H groups in total. The topological polar surface area (TPSA) is 83.6 Å². The molecule has 130 valence electrons. The van der Waals surface area contributed by atoms with Gasteiger partial charge in [-0.15, -0.1) is 11.3 Å². The molecule has 1 amide bonds. The highest BCUT2D eigenvalue weighted by Crippen LogP contribution is 2.27. The van der Waals surface area contributed by atoms with Crippen molar-refractivity contribution >= 4 is 33.2 Å². The number of carbonyl (C=O) groups is 1. The van der Waals surface area contributed by atoms with Gasteiger partial charge in [0.05, 0.1) is 21.9 Å². The zero-order chi connectivity index (χ0) is 18.0. The van der Waals surface area contributed by atoms with E-state index in [-0.39, 0.29) is 17.9 Å². The molecule has 3 aromatic heterocycles. The van der Waals surface area contributed by atoms with Crippen LogP contribution in [0.2, 0.25) is 0 Å². The summed E-state index contributed by atoms with van der Waals surface area (Å²) < 4.78 is 0.711. The minimum absolute atomic E-state index is 0.214. The number of rotatable bonds is 5. The fourth-order valence-corrected chi connectivity index (χ4v) is 3.99. The molecule has 0 spiro atoms. The van der Waals surface area contributed by atoms with Gasteiger partial charge in [0.2, 0.25) is 0 Å². The van der Waals surface area contributed by atoms with Crippen molar-refractivity contribution in [3.05, 3.63) is 50.8 Å². The standard InChI is InChI=1S/C17H18BrN5OS/c1-9(2)14-13(18)15(23-22-14)16(24)20-10(3)17-21-12(8-25-17)11-5-4-6-19-7-11/h4-10H,1-3H3,(H,20,24)(H,22,23). The van der Waals surface area contributed by atoms with Gasteiger partial charge in [-0.3, -0.25) is 14.9 Å². The summed E-state index contributed by atoms with van der Waals surface area (Å²) >= 11 is 4.97. The van der Waals surface area contributed by atoms with Crippen LogP contribution in [0, 0.1) is 0 Å². The summed E-state index contributed by atoms with van der Waals surface area (Å²) in [5.74, 6) is 0.0162. The minimum Gasteiger partial charge on any atom is -0.342 e. The number of hydrogen-bond donors (Lipinski definition) is 2. The Morgan fingerprint density at radius 3 is 2.80 bits per heavy atom. The molecule has 1 atom stereocenters. The van der Waals surface area contributed by atoms with Crippen LogP contribution < -0.4 is 5.32 Å². The van der Waals surface area contributed by atoms with Crippen LogP contribution in [0.3, 0.4) is 0 Å². The van der Waals surface area contributed by atoms with Gasteiger partial charge >= 0.3 is 0 Å². The van der Waals surface area contributed by atoms with Crippen molar-refractivity contribution in [2.45, 2.75) is 32.7 Å². The van der Waals surface area contributed by atoms with Crippen LogP contribution in [0.1, 0.15) is 53.9 Å². The molecule has 0 fully saturated rings. The molecule has 0 aliphatic heterocycles. The largest absolute Gasteiger partial charge is 0.342 e. The molecule has 25 heavy (non-hydrogen) atoms. The molecule has 1 unspecified atom stereocenters. The molecule has 0 aliphatic rings. The molecule has 0 aliphatic carbocycles. The lowest BCUT2D eigenvalue weighted by Gasteiger charge is -2.10. The minimum atomic E-state index is -0.236. The number of hydrogen-bond acceptors (Lipinski definition) is 5. The number of amides is 1. The van der Waals surface area contributed by atoms with Gasteiger partial charge in [-0.25, -0.2) is 4.98 Å². The maximum Gasteiger partial charge on any atom is 0.273 e. The molecule has 0 bridgehead atoms. The molecule has 0 saturated carbocycles. The number of aromatic amines is 1. The monoisotopic (exact) mass is 419 g/mol. The van der Waals surface area contributed by atoms with Gasteiger partial charge in [-0.1, -0.05) is 13.8 Å². The predicted molar refractivity (Wildman–Crippen MR) is 102 cm³/mol. The number of pyridine rings is 1. The first-order valence-electron chi connectivity index (χ1n) is 7.87. The molecule has 3 aromatic rings. The van der Waals surface area contributed by atoms with Crippen LogP contribution >= 0.6 is 27.3 Å². The lowest BCUT2D eigenvalue weighted by atomic mass is 10.1. The van der Waals surface area contributed by atoms with E-state index < -0.39 is 0 Å². The zero-order valence-corrected chi connectivity index (χ0v) is 16.5. The number of nitrogens with one attached hydrogen (secondary N) is 2. The maximum absolute atomic E-state index is 12.5. The number of halogens is 1. The van der Waals surface area contributed by atoms with Crippen LogP contribution in [-0.2, 0) is 0 Å². The Hall–Kier alpha value is -2.06. The highest BCUT2D eigenvalue weighted by atomic mass is 79.9. The molecular weight excluding hydrogens is 402 g/mol. The van der Waals surface area contributed by atoms with Crippen LogP contribution in [0.15, 0.2) is 34.4 Å². The normalized spacial score (nSPS) is 12.4. The summed E-state index contributed by atoms with van der Waals surface area (Å²) in [5, 5.41) is 12.8. The Labute approximate surface area is 158 Å². The van der Waals surface area contributed by atoms with E-state index in [0.717, 1.165) is 22.0 Å². The van der Waals surface area contributed by atoms with Crippen molar-refractivity contribution in [1.82, 2.24) is 25.5 Å². The smallest absolute Gasteiger partial charge is 0.273 e. The fraction of sp³-hybridized carbons (Fsp3) is 0.294. The molecule has 0 saturated heterocycles. The molecule has 0 radical (unpaired) electrons. The van der Waals surface area contributed by atoms with E-state index in [1.54, 1.807) is 12.4 Å². The third-order valence-electron chi connectivity index (χ3n) is 3.72. The van der Waals surface area contributed by atoms with Gasteiger partial charge in [-0.2, -0.15) is 5.10 Å². The summed E-state index contributed by atoms with van der Waals surface area (Å²) in [5.41, 5.74) is 3.09.